The highest BCUT2D eigenvalue weighted by atomic mass is 19.1. The van der Waals surface area contributed by atoms with Gasteiger partial charge in [0, 0.05) is 51.4 Å². The Labute approximate surface area is 179 Å². The third kappa shape index (κ3) is 4.37. The van der Waals surface area contributed by atoms with Crippen LogP contribution in [0.4, 0.5) is 26.4 Å². The Morgan fingerprint density at radius 3 is 2.68 bits per heavy atom. The number of aryl methyl sites for hydroxylation is 1. The van der Waals surface area contributed by atoms with Crippen LogP contribution in [0.2, 0.25) is 0 Å². The van der Waals surface area contributed by atoms with E-state index in [1.165, 1.54) is 24.2 Å². The normalized spacial score (nSPS) is 18.9. The summed E-state index contributed by atoms with van der Waals surface area (Å²) in [5.41, 5.74) is 1.92. The predicted octanol–water partition coefficient (Wildman–Crippen LogP) is 1.71. The van der Waals surface area contributed by atoms with Crippen molar-refractivity contribution >= 4 is 29.2 Å². The summed E-state index contributed by atoms with van der Waals surface area (Å²) in [4.78, 5) is 37.3. The van der Waals surface area contributed by atoms with Gasteiger partial charge in [-0.05, 0) is 25.1 Å². The zero-order valence-corrected chi connectivity index (χ0v) is 17.5. The number of carbonyl (C=O) groups is 2. The SMILES string of the molecule is CC(=O)NCC1COC(=O)N1c1ccc(N2CCN(c3ncncc3C)CC2)c(F)c1. The molecular weight excluding hydrogens is 403 g/mol. The van der Waals surface area contributed by atoms with Gasteiger partial charge in [0.25, 0.3) is 0 Å². The van der Waals surface area contributed by atoms with Crippen molar-refractivity contribution in [3.63, 3.8) is 0 Å². The molecule has 10 heteroatoms. The average molecular weight is 428 g/mol. The molecule has 1 N–H and O–H groups in total. The number of halogens is 1. The molecule has 3 heterocycles. The van der Waals surface area contributed by atoms with Gasteiger partial charge in [0.15, 0.2) is 0 Å². The van der Waals surface area contributed by atoms with Gasteiger partial charge in [-0.3, -0.25) is 9.69 Å². The number of nitrogens with zero attached hydrogens (tertiary/aromatic N) is 5. The molecule has 2 fully saturated rings. The van der Waals surface area contributed by atoms with Gasteiger partial charge >= 0.3 is 6.09 Å². The van der Waals surface area contributed by atoms with Crippen molar-refractivity contribution in [2.45, 2.75) is 19.9 Å². The van der Waals surface area contributed by atoms with E-state index in [1.54, 1.807) is 18.3 Å². The second-order valence-corrected chi connectivity index (χ2v) is 7.68. The van der Waals surface area contributed by atoms with Gasteiger partial charge in [0.2, 0.25) is 5.91 Å². The predicted molar refractivity (Wildman–Crippen MR) is 114 cm³/mol. The highest BCUT2D eigenvalue weighted by molar-refractivity contribution is 5.90. The Hall–Kier alpha value is -3.43. The van der Waals surface area contributed by atoms with Crippen LogP contribution in [0.3, 0.4) is 0 Å². The lowest BCUT2D eigenvalue weighted by atomic mass is 10.1. The van der Waals surface area contributed by atoms with Crippen LogP contribution in [0.5, 0.6) is 0 Å². The number of cyclic esters (lactones) is 1. The molecule has 0 spiro atoms. The molecule has 4 rings (SSSR count). The number of aromatic nitrogens is 2. The Morgan fingerprint density at radius 2 is 2.00 bits per heavy atom. The molecule has 2 aliphatic rings. The molecule has 1 aromatic carbocycles. The first-order valence-corrected chi connectivity index (χ1v) is 10.2. The van der Waals surface area contributed by atoms with Crippen LogP contribution in [0.1, 0.15) is 12.5 Å². The number of piperazine rings is 1. The lowest BCUT2D eigenvalue weighted by Gasteiger charge is -2.37. The summed E-state index contributed by atoms with van der Waals surface area (Å²) in [6.45, 7) is 6.51. The van der Waals surface area contributed by atoms with Crippen molar-refractivity contribution in [2.75, 3.05) is 54.0 Å². The van der Waals surface area contributed by atoms with Crippen LogP contribution in [0.15, 0.2) is 30.7 Å². The second-order valence-electron chi connectivity index (χ2n) is 7.68. The average Bonchev–Trinajstić information content (AvgIpc) is 3.13. The molecule has 164 valence electrons. The summed E-state index contributed by atoms with van der Waals surface area (Å²) in [6.07, 6.45) is 2.78. The number of amides is 2. The number of rotatable bonds is 5. The molecule has 2 amide bonds. The number of hydrogen-bond acceptors (Lipinski definition) is 7. The summed E-state index contributed by atoms with van der Waals surface area (Å²) >= 11 is 0. The van der Waals surface area contributed by atoms with Crippen molar-refractivity contribution < 1.29 is 18.7 Å². The number of hydrogen-bond donors (Lipinski definition) is 1. The Bertz CT molecular complexity index is 979. The lowest BCUT2D eigenvalue weighted by Crippen LogP contribution is -2.47. The molecule has 0 saturated carbocycles. The topological polar surface area (TPSA) is 90.9 Å². The van der Waals surface area contributed by atoms with Crippen LogP contribution < -0.4 is 20.0 Å². The minimum Gasteiger partial charge on any atom is -0.447 e. The number of nitrogens with one attached hydrogen (secondary N) is 1. The van der Waals surface area contributed by atoms with Crippen molar-refractivity contribution in [3.8, 4) is 0 Å². The Kier molecular flexibility index (Phi) is 5.88. The lowest BCUT2D eigenvalue weighted by molar-refractivity contribution is -0.119. The molecule has 1 atom stereocenters. The fourth-order valence-corrected chi connectivity index (χ4v) is 3.97. The summed E-state index contributed by atoms with van der Waals surface area (Å²) < 4.78 is 20.1. The maximum atomic E-state index is 15.0. The van der Waals surface area contributed by atoms with E-state index < -0.39 is 11.9 Å². The summed E-state index contributed by atoms with van der Waals surface area (Å²) in [5, 5.41) is 2.68. The minimum absolute atomic E-state index is 0.146. The first kappa shape index (κ1) is 20.8. The van der Waals surface area contributed by atoms with Crippen LogP contribution >= 0.6 is 0 Å². The molecule has 1 aromatic heterocycles. The van der Waals surface area contributed by atoms with E-state index in [2.05, 4.69) is 20.2 Å². The van der Waals surface area contributed by atoms with E-state index in [1.807, 2.05) is 11.8 Å². The van der Waals surface area contributed by atoms with Crippen molar-refractivity contribution in [3.05, 3.63) is 42.1 Å². The number of benzene rings is 1. The molecule has 2 saturated heterocycles. The molecule has 0 radical (unpaired) electrons. The fourth-order valence-electron chi connectivity index (χ4n) is 3.97. The first-order chi connectivity index (χ1) is 14.9. The van der Waals surface area contributed by atoms with Crippen LogP contribution in [0, 0.1) is 12.7 Å². The Balaban J connectivity index is 1.45. The molecule has 31 heavy (non-hydrogen) atoms. The Morgan fingerprint density at radius 1 is 1.26 bits per heavy atom. The quantitative estimate of drug-likeness (QED) is 0.775. The van der Waals surface area contributed by atoms with Gasteiger partial charge in [0.05, 0.1) is 17.4 Å². The highest BCUT2D eigenvalue weighted by Crippen LogP contribution is 2.30. The van der Waals surface area contributed by atoms with Crippen molar-refractivity contribution in [2.24, 2.45) is 0 Å². The van der Waals surface area contributed by atoms with E-state index in [0.29, 0.717) is 24.5 Å². The third-order valence-corrected chi connectivity index (χ3v) is 5.54. The number of anilines is 3. The van der Waals surface area contributed by atoms with Gasteiger partial charge in [-0.15, -0.1) is 0 Å². The molecule has 2 aromatic rings. The standard InChI is InChI=1S/C21H25FN6O3/c1-14-10-23-13-25-20(14)27-7-5-26(6-8-27)19-4-3-16(9-18(19)22)28-17(11-24-15(2)29)12-31-21(28)30/h3-4,9-10,13,17H,5-8,11-12H2,1-2H3,(H,24,29). The summed E-state index contributed by atoms with van der Waals surface area (Å²) in [7, 11) is 0. The van der Waals surface area contributed by atoms with E-state index in [9.17, 15) is 9.59 Å². The molecule has 0 aliphatic carbocycles. The van der Waals surface area contributed by atoms with Gasteiger partial charge in [-0.1, -0.05) is 0 Å². The largest absolute Gasteiger partial charge is 0.447 e. The van der Waals surface area contributed by atoms with Crippen LogP contribution in [0.25, 0.3) is 0 Å². The summed E-state index contributed by atoms with van der Waals surface area (Å²) in [6, 6.07) is 4.38. The molecule has 0 bridgehead atoms. The number of ether oxygens (including phenoxy) is 1. The van der Waals surface area contributed by atoms with Crippen molar-refractivity contribution in [1.82, 2.24) is 15.3 Å². The smallest absolute Gasteiger partial charge is 0.414 e. The molecule has 2 aliphatic heterocycles. The van der Waals surface area contributed by atoms with E-state index in [-0.39, 0.29) is 25.1 Å². The maximum absolute atomic E-state index is 15.0. The van der Waals surface area contributed by atoms with E-state index in [4.69, 9.17) is 4.74 Å². The third-order valence-electron chi connectivity index (χ3n) is 5.54. The zero-order valence-electron chi connectivity index (χ0n) is 17.5. The van der Waals surface area contributed by atoms with Gasteiger partial charge in [0.1, 0.15) is 24.6 Å². The fraction of sp³-hybridized carbons (Fsp3) is 0.429. The van der Waals surface area contributed by atoms with Crippen molar-refractivity contribution in [1.29, 1.82) is 0 Å². The van der Waals surface area contributed by atoms with E-state index >= 15 is 4.39 Å². The molecule has 9 nitrogen and oxygen atoms in total. The minimum atomic E-state index is -0.545. The first-order valence-electron chi connectivity index (χ1n) is 10.2. The van der Waals surface area contributed by atoms with Gasteiger partial charge in [-0.2, -0.15) is 0 Å². The second kappa shape index (κ2) is 8.75. The van der Waals surface area contributed by atoms with E-state index in [0.717, 1.165) is 24.5 Å². The van der Waals surface area contributed by atoms with Gasteiger partial charge < -0.3 is 19.9 Å². The van der Waals surface area contributed by atoms with Gasteiger partial charge in [-0.25, -0.2) is 19.2 Å². The highest BCUT2D eigenvalue weighted by Gasteiger charge is 2.35. The maximum Gasteiger partial charge on any atom is 0.414 e. The van der Waals surface area contributed by atoms with Crippen LogP contribution in [-0.2, 0) is 9.53 Å². The van der Waals surface area contributed by atoms with Crippen LogP contribution in [-0.4, -0.2) is 67.3 Å². The number of carbonyl (C=O) groups excluding carboxylic acids is 2. The molecule has 1 unspecified atom stereocenters. The molecular formula is C21H25FN6O3. The zero-order chi connectivity index (χ0) is 22.0. The monoisotopic (exact) mass is 428 g/mol. The summed E-state index contributed by atoms with van der Waals surface area (Å²) in [5.74, 6) is 0.308.